The number of rotatable bonds is 5. The maximum atomic E-state index is 13.6. The van der Waals surface area contributed by atoms with Crippen molar-refractivity contribution in [2.75, 3.05) is 18.5 Å². The molecular formula is C23H21ClF2N4O3. The molecule has 1 fully saturated rings. The third-order valence-corrected chi connectivity index (χ3v) is 5.84. The van der Waals surface area contributed by atoms with Crippen molar-refractivity contribution in [1.82, 2.24) is 15.2 Å². The largest absolute Gasteiger partial charge is 0.447 e. The van der Waals surface area contributed by atoms with Crippen molar-refractivity contribution < 1.29 is 23.1 Å². The number of nitrogens with one attached hydrogen (secondary N) is 2. The number of nitrogens with zero attached hydrogens (tertiary/aromatic N) is 2. The van der Waals surface area contributed by atoms with Gasteiger partial charge in [0, 0.05) is 24.7 Å². The van der Waals surface area contributed by atoms with Gasteiger partial charge in [-0.3, -0.25) is 5.32 Å². The van der Waals surface area contributed by atoms with Crippen molar-refractivity contribution in [2.45, 2.75) is 25.4 Å². The van der Waals surface area contributed by atoms with Crippen LogP contribution in [0.1, 0.15) is 18.4 Å². The van der Waals surface area contributed by atoms with Crippen molar-refractivity contribution in [3.63, 3.8) is 0 Å². The maximum absolute atomic E-state index is 13.6. The molecule has 0 spiro atoms. The lowest BCUT2D eigenvalue weighted by molar-refractivity contribution is 0.123. The number of hydrogen-bond acceptors (Lipinski definition) is 4. The molecule has 0 aliphatic carbocycles. The fraction of sp³-hybridized carbons (Fsp3) is 0.261. The summed E-state index contributed by atoms with van der Waals surface area (Å²) in [6.45, 7) is 0.590. The number of hydrogen-bond donors (Lipinski definition) is 2. The van der Waals surface area contributed by atoms with Crippen LogP contribution in [0.25, 0.3) is 10.8 Å². The van der Waals surface area contributed by atoms with Crippen LogP contribution in [0, 0.1) is 11.6 Å². The lowest BCUT2D eigenvalue weighted by atomic mass is 10.2. The number of urea groups is 1. The van der Waals surface area contributed by atoms with Gasteiger partial charge in [0.2, 0.25) is 0 Å². The second-order valence-electron chi connectivity index (χ2n) is 7.65. The molecule has 3 amide bonds. The van der Waals surface area contributed by atoms with Crippen LogP contribution >= 0.6 is 11.6 Å². The topological polar surface area (TPSA) is 83.6 Å². The van der Waals surface area contributed by atoms with Gasteiger partial charge in [-0.1, -0.05) is 23.7 Å². The number of carbonyl (C=O) groups is 2. The summed E-state index contributed by atoms with van der Waals surface area (Å²) < 4.78 is 32.3. The molecule has 1 aromatic heterocycles. The van der Waals surface area contributed by atoms with Crippen LogP contribution in [0.5, 0.6) is 0 Å². The van der Waals surface area contributed by atoms with E-state index in [2.05, 4.69) is 15.6 Å². The van der Waals surface area contributed by atoms with Gasteiger partial charge in [0.05, 0.1) is 11.1 Å². The number of fused-ring (bicyclic) bond motifs is 1. The van der Waals surface area contributed by atoms with Crippen molar-refractivity contribution in [3.8, 4) is 0 Å². The van der Waals surface area contributed by atoms with Crippen LogP contribution in [0.2, 0.25) is 5.02 Å². The zero-order chi connectivity index (χ0) is 23.4. The zero-order valence-electron chi connectivity index (χ0n) is 17.5. The van der Waals surface area contributed by atoms with Crippen LogP contribution in [0.15, 0.2) is 48.7 Å². The second kappa shape index (κ2) is 9.99. The normalized spacial score (nSPS) is 15.5. The van der Waals surface area contributed by atoms with Gasteiger partial charge in [0.1, 0.15) is 24.1 Å². The molecule has 1 aliphatic heterocycles. The van der Waals surface area contributed by atoms with E-state index < -0.39 is 11.9 Å². The first-order valence-corrected chi connectivity index (χ1v) is 10.7. The quantitative estimate of drug-likeness (QED) is 0.539. The lowest BCUT2D eigenvalue weighted by Gasteiger charge is -2.24. The van der Waals surface area contributed by atoms with Gasteiger partial charge in [0.15, 0.2) is 0 Å². The molecule has 2 heterocycles. The highest BCUT2D eigenvalue weighted by Crippen LogP contribution is 2.21. The minimum absolute atomic E-state index is 0.00217. The van der Waals surface area contributed by atoms with E-state index in [-0.39, 0.29) is 41.9 Å². The summed E-state index contributed by atoms with van der Waals surface area (Å²) >= 11 is 5.93. The number of ether oxygens (including phenoxy) is 1. The fourth-order valence-electron chi connectivity index (χ4n) is 3.73. The summed E-state index contributed by atoms with van der Waals surface area (Å²) in [6.07, 6.45) is 2.24. The van der Waals surface area contributed by atoms with E-state index in [4.69, 9.17) is 16.3 Å². The first kappa shape index (κ1) is 22.7. The molecule has 2 aromatic carbocycles. The molecular weight excluding hydrogens is 454 g/mol. The minimum atomic E-state index is -0.725. The molecule has 0 bridgehead atoms. The Kier molecular flexibility index (Phi) is 6.88. The van der Waals surface area contributed by atoms with Crippen LogP contribution in [0.3, 0.4) is 0 Å². The van der Waals surface area contributed by atoms with E-state index in [0.717, 1.165) is 11.8 Å². The Morgan fingerprint density at radius 2 is 2.03 bits per heavy atom. The highest BCUT2D eigenvalue weighted by atomic mass is 35.5. The fourth-order valence-corrected chi connectivity index (χ4v) is 3.92. The number of aromatic nitrogens is 1. The Bertz CT molecular complexity index is 1190. The summed E-state index contributed by atoms with van der Waals surface area (Å²) in [5.74, 6) is -0.708. The Morgan fingerprint density at radius 1 is 1.18 bits per heavy atom. The Hall–Kier alpha value is -3.46. The molecule has 10 heteroatoms. The molecule has 4 rings (SSSR count). The smallest absolute Gasteiger partial charge is 0.412 e. The average molecular weight is 475 g/mol. The van der Waals surface area contributed by atoms with Crippen molar-refractivity contribution in [3.05, 3.63) is 70.9 Å². The first-order chi connectivity index (χ1) is 15.9. The van der Waals surface area contributed by atoms with Gasteiger partial charge >= 0.3 is 12.1 Å². The van der Waals surface area contributed by atoms with Crippen LogP contribution < -0.4 is 10.6 Å². The first-order valence-electron chi connectivity index (χ1n) is 10.4. The number of likely N-dealkylation sites (tertiary alicyclic amines) is 1. The molecule has 1 atom stereocenters. The third-order valence-electron chi connectivity index (χ3n) is 5.42. The second-order valence-corrected chi connectivity index (χ2v) is 8.02. The zero-order valence-corrected chi connectivity index (χ0v) is 18.2. The molecule has 33 heavy (non-hydrogen) atoms. The average Bonchev–Trinajstić information content (AvgIpc) is 3.27. The molecule has 7 nitrogen and oxygen atoms in total. The van der Waals surface area contributed by atoms with Gasteiger partial charge in [-0.25, -0.2) is 23.4 Å². The van der Waals surface area contributed by atoms with E-state index in [1.54, 1.807) is 23.1 Å². The summed E-state index contributed by atoms with van der Waals surface area (Å²) in [5.41, 5.74) is 0.471. The molecule has 0 saturated carbocycles. The molecule has 0 radical (unpaired) electrons. The predicted molar refractivity (Wildman–Crippen MR) is 120 cm³/mol. The summed E-state index contributed by atoms with van der Waals surface area (Å²) in [5, 5.41) is 6.55. The van der Waals surface area contributed by atoms with Crippen LogP contribution in [-0.4, -0.2) is 41.2 Å². The number of pyridine rings is 1. The Morgan fingerprint density at radius 3 is 2.88 bits per heavy atom. The highest BCUT2D eigenvalue weighted by Gasteiger charge is 2.30. The van der Waals surface area contributed by atoms with Crippen LogP contribution in [0.4, 0.5) is 24.2 Å². The van der Waals surface area contributed by atoms with E-state index in [1.165, 1.54) is 30.5 Å². The molecule has 172 valence electrons. The van der Waals surface area contributed by atoms with Gasteiger partial charge < -0.3 is 15.0 Å². The van der Waals surface area contributed by atoms with E-state index >= 15 is 0 Å². The van der Waals surface area contributed by atoms with E-state index in [0.29, 0.717) is 23.9 Å². The monoisotopic (exact) mass is 474 g/mol. The van der Waals surface area contributed by atoms with Crippen LogP contribution in [-0.2, 0) is 11.3 Å². The van der Waals surface area contributed by atoms with Gasteiger partial charge in [0.25, 0.3) is 0 Å². The summed E-state index contributed by atoms with van der Waals surface area (Å²) in [4.78, 5) is 30.5. The standard InChI is InChI=1S/C23H21ClF2N4O3/c24-21-15(3-1-5-19(21)26)12-28-22(31)30-8-2-4-18(30)13-33-23(32)29-20-10-16-9-17(25)7-6-14(16)11-27-20/h1,3,5-7,9-11,18H,2,4,8,12-13H2,(H,28,31)(H,27,29,32)/t18-/m0/s1. The molecule has 0 unspecified atom stereocenters. The highest BCUT2D eigenvalue weighted by molar-refractivity contribution is 6.31. The SMILES string of the molecule is O=C(Nc1cc2cc(F)ccc2cn1)OC[C@@H]1CCCN1C(=O)NCc1cccc(F)c1Cl. The molecule has 3 aromatic rings. The van der Waals surface area contributed by atoms with Crippen molar-refractivity contribution in [2.24, 2.45) is 0 Å². The molecule has 1 saturated heterocycles. The minimum Gasteiger partial charge on any atom is -0.447 e. The predicted octanol–water partition coefficient (Wildman–Crippen LogP) is 5.09. The van der Waals surface area contributed by atoms with E-state index in [9.17, 15) is 18.4 Å². The maximum Gasteiger partial charge on any atom is 0.412 e. The van der Waals surface area contributed by atoms with Crippen molar-refractivity contribution >= 4 is 40.3 Å². The molecule has 2 N–H and O–H groups in total. The Labute approximate surface area is 193 Å². The van der Waals surface area contributed by atoms with Gasteiger partial charge in [-0.15, -0.1) is 0 Å². The van der Waals surface area contributed by atoms with E-state index in [1.807, 2.05) is 0 Å². The number of benzene rings is 2. The lowest BCUT2D eigenvalue weighted by Crippen LogP contribution is -2.44. The summed E-state index contributed by atoms with van der Waals surface area (Å²) in [6, 6.07) is 9.59. The number of anilines is 1. The van der Waals surface area contributed by atoms with Gasteiger partial charge in [-0.2, -0.15) is 0 Å². The number of amides is 3. The molecule has 1 aliphatic rings. The van der Waals surface area contributed by atoms with Gasteiger partial charge in [-0.05, 0) is 54.1 Å². The Balaban J connectivity index is 1.29. The number of carbonyl (C=O) groups excluding carboxylic acids is 2. The van der Waals surface area contributed by atoms with Crippen molar-refractivity contribution in [1.29, 1.82) is 0 Å². The number of halogens is 3. The summed E-state index contributed by atoms with van der Waals surface area (Å²) in [7, 11) is 0. The third kappa shape index (κ3) is 5.48.